The minimum absolute atomic E-state index is 0.0767. The zero-order valence-electron chi connectivity index (χ0n) is 15.9. The molecule has 2 aromatic carbocycles. The lowest BCUT2D eigenvalue weighted by molar-refractivity contribution is -0.119. The van der Waals surface area contributed by atoms with Gasteiger partial charge in [-0.1, -0.05) is 23.7 Å². The van der Waals surface area contributed by atoms with Gasteiger partial charge in [0.1, 0.15) is 11.9 Å². The van der Waals surface area contributed by atoms with Gasteiger partial charge >= 0.3 is 0 Å². The van der Waals surface area contributed by atoms with E-state index < -0.39 is 0 Å². The van der Waals surface area contributed by atoms with Crippen LogP contribution >= 0.6 is 11.6 Å². The molecule has 0 radical (unpaired) electrons. The second-order valence-corrected chi connectivity index (χ2v) is 7.72. The fourth-order valence-electron chi connectivity index (χ4n) is 4.16. The number of halogens is 1. The zero-order chi connectivity index (χ0) is 19.1. The van der Waals surface area contributed by atoms with E-state index >= 15 is 0 Å². The smallest absolute Gasteiger partial charge is 0.246 e. The van der Waals surface area contributed by atoms with E-state index in [1.165, 1.54) is 0 Å². The molecule has 2 fully saturated rings. The van der Waals surface area contributed by atoms with Crippen LogP contribution in [0.1, 0.15) is 24.6 Å². The van der Waals surface area contributed by atoms with Crippen molar-refractivity contribution in [1.29, 1.82) is 0 Å². The van der Waals surface area contributed by atoms with Crippen LogP contribution in [0.25, 0.3) is 0 Å². The molecule has 5 nitrogen and oxygen atoms in total. The Bertz CT molecular complexity index is 853. The molecule has 0 bridgehead atoms. The van der Waals surface area contributed by atoms with E-state index in [9.17, 15) is 4.79 Å². The summed E-state index contributed by atoms with van der Waals surface area (Å²) in [6, 6.07) is 13.8. The first kappa shape index (κ1) is 18.1. The normalized spacial score (nSPS) is 22.2. The fraction of sp³-hybridized carbons (Fsp3) is 0.381. The standard InChI is InChI=1S/C21H24ClN3O2/c1-23(2)16-9-6-14(7-10-16)20-24-12-4-5-17(24)21(26)25(20)18-13-15(22)8-11-19(18)27-3/h6-11,13,17,20H,4-5,12H2,1-3H3/t17-,20+/m0/s1. The predicted octanol–water partition coefficient (Wildman–Crippen LogP) is 3.92. The molecule has 27 heavy (non-hydrogen) atoms. The number of hydrogen-bond donors (Lipinski definition) is 0. The molecule has 2 heterocycles. The summed E-state index contributed by atoms with van der Waals surface area (Å²) in [4.78, 5) is 19.5. The number of hydrogen-bond acceptors (Lipinski definition) is 4. The number of benzene rings is 2. The van der Waals surface area contributed by atoms with Crippen molar-refractivity contribution in [1.82, 2.24) is 4.90 Å². The summed E-state index contributed by atoms with van der Waals surface area (Å²) < 4.78 is 5.54. The zero-order valence-corrected chi connectivity index (χ0v) is 16.6. The Morgan fingerprint density at radius 1 is 1.15 bits per heavy atom. The summed E-state index contributed by atoms with van der Waals surface area (Å²) in [7, 11) is 5.66. The maximum atomic E-state index is 13.3. The van der Waals surface area contributed by atoms with Crippen LogP contribution in [0.3, 0.4) is 0 Å². The molecule has 0 spiro atoms. The summed E-state index contributed by atoms with van der Waals surface area (Å²) in [6.45, 7) is 0.913. The third-order valence-electron chi connectivity index (χ3n) is 5.48. The van der Waals surface area contributed by atoms with Crippen LogP contribution in [-0.2, 0) is 4.79 Å². The lowest BCUT2D eigenvalue weighted by Gasteiger charge is -2.31. The van der Waals surface area contributed by atoms with Gasteiger partial charge in [-0.3, -0.25) is 14.6 Å². The topological polar surface area (TPSA) is 36.0 Å². The highest BCUT2D eigenvalue weighted by molar-refractivity contribution is 6.31. The van der Waals surface area contributed by atoms with Crippen molar-refractivity contribution in [2.75, 3.05) is 37.5 Å². The van der Waals surface area contributed by atoms with Crippen LogP contribution in [0.4, 0.5) is 11.4 Å². The van der Waals surface area contributed by atoms with E-state index in [0.717, 1.165) is 36.3 Å². The molecule has 1 amide bonds. The van der Waals surface area contributed by atoms with E-state index in [0.29, 0.717) is 10.8 Å². The minimum atomic E-state index is -0.145. The summed E-state index contributed by atoms with van der Waals surface area (Å²) in [5.74, 6) is 0.776. The maximum absolute atomic E-state index is 13.3. The molecule has 0 unspecified atom stereocenters. The Hall–Kier alpha value is -2.24. The van der Waals surface area contributed by atoms with Crippen molar-refractivity contribution in [3.05, 3.63) is 53.1 Å². The molecule has 2 aliphatic rings. The van der Waals surface area contributed by atoms with Gasteiger partial charge in [-0.15, -0.1) is 0 Å². The number of ether oxygens (including phenoxy) is 1. The van der Waals surface area contributed by atoms with Crippen molar-refractivity contribution in [2.24, 2.45) is 0 Å². The third kappa shape index (κ3) is 3.05. The molecule has 0 N–H and O–H groups in total. The van der Waals surface area contributed by atoms with Crippen molar-refractivity contribution in [3.63, 3.8) is 0 Å². The molecule has 2 atom stereocenters. The van der Waals surface area contributed by atoms with Gasteiger partial charge in [0.15, 0.2) is 0 Å². The van der Waals surface area contributed by atoms with Gasteiger partial charge in [-0.2, -0.15) is 0 Å². The van der Waals surface area contributed by atoms with Crippen LogP contribution < -0.4 is 14.5 Å². The summed E-state index contributed by atoms with van der Waals surface area (Å²) in [5.41, 5.74) is 2.96. The van der Waals surface area contributed by atoms with E-state index in [-0.39, 0.29) is 18.1 Å². The largest absolute Gasteiger partial charge is 0.495 e. The van der Waals surface area contributed by atoms with Gasteiger partial charge in [-0.05, 0) is 48.7 Å². The molecule has 142 valence electrons. The first-order valence-corrected chi connectivity index (χ1v) is 9.58. The van der Waals surface area contributed by atoms with Crippen molar-refractivity contribution >= 4 is 28.9 Å². The number of anilines is 2. The lowest BCUT2D eigenvalue weighted by Crippen LogP contribution is -2.32. The van der Waals surface area contributed by atoms with Crippen molar-refractivity contribution < 1.29 is 9.53 Å². The second kappa shape index (κ2) is 7.06. The molecular weight excluding hydrogens is 362 g/mol. The summed E-state index contributed by atoms with van der Waals surface area (Å²) >= 11 is 6.26. The van der Waals surface area contributed by atoms with Crippen molar-refractivity contribution in [2.45, 2.75) is 25.0 Å². The number of amides is 1. The monoisotopic (exact) mass is 385 g/mol. The number of methoxy groups -OCH3 is 1. The van der Waals surface area contributed by atoms with Crippen LogP contribution in [-0.4, -0.2) is 44.6 Å². The van der Waals surface area contributed by atoms with Gasteiger partial charge in [0, 0.05) is 31.4 Å². The molecule has 0 aromatic heterocycles. The Labute approximate surface area is 165 Å². The highest BCUT2D eigenvalue weighted by Crippen LogP contribution is 2.45. The number of rotatable bonds is 4. The number of carbonyl (C=O) groups is 1. The number of nitrogens with zero attached hydrogens (tertiary/aromatic N) is 3. The van der Waals surface area contributed by atoms with Crippen LogP contribution in [0.2, 0.25) is 5.02 Å². The predicted molar refractivity (Wildman–Crippen MR) is 109 cm³/mol. The number of fused-ring (bicyclic) bond motifs is 1. The van der Waals surface area contributed by atoms with Gasteiger partial charge in [0.25, 0.3) is 0 Å². The average molecular weight is 386 g/mol. The third-order valence-corrected chi connectivity index (χ3v) is 5.72. The van der Waals surface area contributed by atoms with Gasteiger partial charge in [0.05, 0.1) is 18.8 Å². The molecule has 0 aliphatic carbocycles. The van der Waals surface area contributed by atoms with Crippen LogP contribution in [0, 0.1) is 0 Å². The SMILES string of the molecule is COc1ccc(Cl)cc1N1C(=O)[C@@H]2CCCN2[C@H]1c1ccc(N(C)C)cc1. The first-order chi connectivity index (χ1) is 13.0. The molecule has 6 heteroatoms. The van der Waals surface area contributed by atoms with Gasteiger partial charge in [-0.25, -0.2) is 0 Å². The first-order valence-electron chi connectivity index (χ1n) is 9.21. The van der Waals surface area contributed by atoms with E-state index in [1.807, 2.05) is 31.1 Å². The Kier molecular flexibility index (Phi) is 4.74. The van der Waals surface area contributed by atoms with Crippen LogP contribution in [0.15, 0.2) is 42.5 Å². The van der Waals surface area contributed by atoms with Crippen LogP contribution in [0.5, 0.6) is 5.75 Å². The fourth-order valence-corrected chi connectivity index (χ4v) is 4.33. The molecular formula is C21H24ClN3O2. The van der Waals surface area contributed by atoms with Gasteiger partial charge in [0.2, 0.25) is 5.91 Å². The molecule has 2 saturated heterocycles. The average Bonchev–Trinajstić information content (AvgIpc) is 3.24. The van der Waals surface area contributed by atoms with E-state index in [4.69, 9.17) is 16.3 Å². The second-order valence-electron chi connectivity index (χ2n) is 7.28. The lowest BCUT2D eigenvalue weighted by atomic mass is 10.1. The van der Waals surface area contributed by atoms with E-state index in [1.54, 1.807) is 13.2 Å². The summed E-state index contributed by atoms with van der Waals surface area (Å²) in [5, 5.41) is 0.590. The Morgan fingerprint density at radius 2 is 1.89 bits per heavy atom. The molecule has 2 aliphatic heterocycles. The minimum Gasteiger partial charge on any atom is -0.495 e. The van der Waals surface area contributed by atoms with Gasteiger partial charge < -0.3 is 9.64 Å². The highest BCUT2D eigenvalue weighted by Gasteiger charge is 2.50. The quantitative estimate of drug-likeness (QED) is 0.799. The van der Waals surface area contributed by atoms with Crippen molar-refractivity contribution in [3.8, 4) is 5.75 Å². The molecule has 4 rings (SSSR count). The summed E-state index contributed by atoms with van der Waals surface area (Å²) in [6.07, 6.45) is 1.79. The maximum Gasteiger partial charge on any atom is 0.246 e. The number of carbonyl (C=O) groups excluding carboxylic acids is 1. The highest BCUT2D eigenvalue weighted by atomic mass is 35.5. The molecule has 0 saturated carbocycles. The van der Waals surface area contributed by atoms with E-state index in [2.05, 4.69) is 34.1 Å². The Balaban J connectivity index is 1.81. The molecule has 2 aromatic rings. The Morgan fingerprint density at radius 3 is 2.56 bits per heavy atom.